The number of rotatable bonds is 7. The molecule has 2 aliphatic carbocycles. The van der Waals surface area contributed by atoms with E-state index in [9.17, 15) is 0 Å². The van der Waals surface area contributed by atoms with Gasteiger partial charge in [0.15, 0.2) is 0 Å². The fourth-order valence-electron chi connectivity index (χ4n) is 9.17. The van der Waals surface area contributed by atoms with Crippen LogP contribution >= 0.6 is 0 Å². The summed E-state index contributed by atoms with van der Waals surface area (Å²) < 4.78 is 0. The molecule has 57 heavy (non-hydrogen) atoms. The number of dihydropyridines is 1. The van der Waals surface area contributed by atoms with Crippen molar-refractivity contribution >= 4 is 27.1 Å². The van der Waals surface area contributed by atoms with Gasteiger partial charge >= 0.3 is 0 Å². The maximum atomic E-state index is 6.90. The van der Waals surface area contributed by atoms with Gasteiger partial charge in [-0.05, 0) is 167 Å². The van der Waals surface area contributed by atoms with Crippen molar-refractivity contribution in [1.29, 1.82) is 0 Å². The molecule has 0 saturated carbocycles. The molecular weight excluding hydrogens is 691 g/mol. The summed E-state index contributed by atoms with van der Waals surface area (Å²) in [7, 11) is 0. The summed E-state index contributed by atoms with van der Waals surface area (Å²) >= 11 is 0. The summed E-state index contributed by atoms with van der Waals surface area (Å²) in [6.07, 6.45) is 15.9. The van der Waals surface area contributed by atoms with E-state index in [1.165, 1.54) is 77.2 Å². The van der Waals surface area contributed by atoms with E-state index in [0.717, 1.165) is 40.1 Å². The van der Waals surface area contributed by atoms with Crippen LogP contribution in [0.1, 0.15) is 22.4 Å². The van der Waals surface area contributed by atoms with Gasteiger partial charge in [0.25, 0.3) is 0 Å². The lowest BCUT2D eigenvalue weighted by molar-refractivity contribution is 0.776. The molecule has 0 radical (unpaired) electrons. The van der Waals surface area contributed by atoms with Crippen molar-refractivity contribution in [2.45, 2.75) is 18.9 Å². The zero-order valence-electron chi connectivity index (χ0n) is 31.4. The highest BCUT2D eigenvalue weighted by atomic mass is 14.9. The minimum absolute atomic E-state index is 0.0943. The summed E-state index contributed by atoms with van der Waals surface area (Å²) in [5.41, 5.74) is 26.1. The monoisotopic (exact) mass is 729 g/mol. The van der Waals surface area contributed by atoms with Gasteiger partial charge in [0.05, 0.1) is 6.04 Å². The number of pyridine rings is 1. The molecule has 0 saturated heterocycles. The Morgan fingerprint density at radius 3 is 2.04 bits per heavy atom. The first kappa shape index (κ1) is 33.1. The fourth-order valence-corrected chi connectivity index (χ4v) is 9.17. The summed E-state index contributed by atoms with van der Waals surface area (Å²) in [5, 5.41) is 8.69. The molecule has 8 aromatic rings. The number of hydrogen-bond acceptors (Lipinski definition) is 3. The lowest BCUT2D eigenvalue weighted by atomic mass is 9.82. The number of benzene rings is 7. The van der Waals surface area contributed by atoms with Crippen LogP contribution in [-0.4, -0.2) is 11.0 Å². The van der Waals surface area contributed by atoms with Crippen LogP contribution in [-0.2, 0) is 12.8 Å². The molecule has 0 fully saturated rings. The summed E-state index contributed by atoms with van der Waals surface area (Å²) in [6, 6.07) is 53.8. The molecule has 3 heteroatoms. The molecule has 1 aliphatic heterocycles. The van der Waals surface area contributed by atoms with E-state index in [-0.39, 0.29) is 6.04 Å². The SMILES string of the molecule is N/C(=C\C(=C/Cc1ccccn1)c1cc(-c2ccc3c(c2)-c2cccc4cccc(c24)C3)cc(-c2ccc3c(c2)-c2cccc4cccc-3c24)c1)C1C=CC=CN1. The van der Waals surface area contributed by atoms with E-state index in [4.69, 9.17) is 5.73 Å². The fraction of sp³-hybridized carbons (Fsp3) is 0.0556. The third-order valence-corrected chi connectivity index (χ3v) is 11.9. The lowest BCUT2D eigenvalue weighted by Gasteiger charge is -2.22. The van der Waals surface area contributed by atoms with E-state index in [0.29, 0.717) is 6.42 Å². The second-order valence-electron chi connectivity index (χ2n) is 15.4. The van der Waals surface area contributed by atoms with E-state index in [1.807, 2.05) is 36.7 Å². The molecule has 1 atom stereocenters. The van der Waals surface area contributed by atoms with Crippen molar-refractivity contribution < 1.29 is 0 Å². The average Bonchev–Trinajstić information content (AvgIpc) is 3.60. The molecule has 3 N–H and O–H groups in total. The number of hydrogen-bond donors (Lipinski definition) is 2. The lowest BCUT2D eigenvalue weighted by Crippen LogP contribution is -2.29. The summed E-state index contributed by atoms with van der Waals surface area (Å²) in [5.74, 6) is 0. The van der Waals surface area contributed by atoms with Crippen molar-refractivity contribution in [3.63, 3.8) is 0 Å². The maximum absolute atomic E-state index is 6.90. The van der Waals surface area contributed by atoms with Gasteiger partial charge in [-0.2, -0.15) is 0 Å². The second kappa shape index (κ2) is 13.5. The van der Waals surface area contributed by atoms with Crippen LogP contribution in [0.2, 0.25) is 0 Å². The summed E-state index contributed by atoms with van der Waals surface area (Å²) in [4.78, 5) is 4.65. The highest BCUT2D eigenvalue weighted by Crippen LogP contribution is 2.49. The zero-order chi connectivity index (χ0) is 37.9. The molecule has 2 heterocycles. The number of aromatic nitrogens is 1. The maximum Gasteiger partial charge on any atom is 0.0840 e. The Balaban J connectivity index is 1.10. The topological polar surface area (TPSA) is 50.9 Å². The molecule has 1 unspecified atom stereocenters. The molecular formula is C54H39N3. The molecule has 1 aromatic heterocycles. The Morgan fingerprint density at radius 2 is 1.30 bits per heavy atom. The standard InChI is InChI=1S/C54H39N3/c55-51(52-18-2-4-26-57-52)33-38(21-23-44-14-1-3-25-56-44)43-29-41(36-19-20-39-27-40-13-5-9-34-10-6-16-47(53(34)40)49(39)31-36)28-42(30-43)37-22-24-45-46-15-7-11-35-12-8-17-48(54(35)46)50(45)32-37/h1-22,24-26,28-33,52,57H,23,27,55H2/b38-21+,51-33-. The quantitative estimate of drug-likeness (QED) is 0.161. The van der Waals surface area contributed by atoms with Crippen LogP contribution < -0.4 is 11.1 Å². The van der Waals surface area contributed by atoms with Crippen molar-refractivity contribution in [3.05, 3.63) is 216 Å². The number of nitrogens with one attached hydrogen (secondary N) is 1. The van der Waals surface area contributed by atoms with Gasteiger partial charge in [-0.3, -0.25) is 4.98 Å². The minimum atomic E-state index is -0.0943. The molecule has 7 aromatic carbocycles. The third kappa shape index (κ3) is 5.79. The van der Waals surface area contributed by atoms with Crippen LogP contribution in [0.5, 0.6) is 0 Å². The van der Waals surface area contributed by atoms with Gasteiger partial charge in [0, 0.05) is 24.0 Å². The first-order valence-corrected chi connectivity index (χ1v) is 19.8. The molecule has 11 rings (SSSR count). The van der Waals surface area contributed by atoms with Gasteiger partial charge in [0.2, 0.25) is 0 Å². The Kier molecular flexibility index (Phi) is 7.85. The van der Waals surface area contributed by atoms with Crippen molar-refractivity contribution in [1.82, 2.24) is 10.3 Å². The van der Waals surface area contributed by atoms with Crippen LogP contribution in [0.3, 0.4) is 0 Å². The molecule has 0 bridgehead atoms. The molecule has 0 spiro atoms. The first-order valence-electron chi connectivity index (χ1n) is 19.8. The van der Waals surface area contributed by atoms with Crippen molar-refractivity contribution in [3.8, 4) is 55.6 Å². The van der Waals surface area contributed by atoms with E-state index in [2.05, 4.69) is 162 Å². The van der Waals surface area contributed by atoms with Crippen LogP contribution in [0.15, 0.2) is 194 Å². The van der Waals surface area contributed by atoms with Gasteiger partial charge in [-0.1, -0.05) is 121 Å². The van der Waals surface area contributed by atoms with Crippen LogP contribution in [0.25, 0.3) is 82.8 Å². The summed E-state index contributed by atoms with van der Waals surface area (Å²) in [6.45, 7) is 0. The van der Waals surface area contributed by atoms with Gasteiger partial charge in [-0.15, -0.1) is 0 Å². The van der Waals surface area contributed by atoms with Gasteiger partial charge in [0.1, 0.15) is 0 Å². The average molecular weight is 730 g/mol. The highest BCUT2D eigenvalue weighted by molar-refractivity contribution is 6.15. The number of fused-ring (bicyclic) bond motifs is 5. The molecule has 3 nitrogen and oxygen atoms in total. The van der Waals surface area contributed by atoms with E-state index < -0.39 is 0 Å². The molecule has 3 aliphatic rings. The van der Waals surface area contributed by atoms with Gasteiger partial charge < -0.3 is 11.1 Å². The minimum Gasteiger partial charge on any atom is -0.400 e. The number of nitrogens with two attached hydrogens (primary N) is 1. The molecule has 0 amide bonds. The van der Waals surface area contributed by atoms with Crippen molar-refractivity contribution in [2.75, 3.05) is 0 Å². The van der Waals surface area contributed by atoms with E-state index >= 15 is 0 Å². The molecule has 270 valence electrons. The van der Waals surface area contributed by atoms with Crippen molar-refractivity contribution in [2.24, 2.45) is 5.73 Å². The normalized spacial score (nSPS) is 15.1. The number of nitrogens with zero attached hydrogens (tertiary/aromatic N) is 1. The predicted octanol–water partition coefficient (Wildman–Crippen LogP) is 12.5. The largest absolute Gasteiger partial charge is 0.400 e. The van der Waals surface area contributed by atoms with Crippen LogP contribution in [0, 0.1) is 0 Å². The zero-order valence-corrected chi connectivity index (χ0v) is 31.4. The Hall–Kier alpha value is -7.23. The predicted molar refractivity (Wildman–Crippen MR) is 238 cm³/mol. The Bertz CT molecular complexity index is 3040. The number of allylic oxidation sites excluding steroid dienone is 5. The third-order valence-electron chi connectivity index (χ3n) is 11.9. The Morgan fingerprint density at radius 1 is 0.596 bits per heavy atom. The highest BCUT2D eigenvalue weighted by Gasteiger charge is 2.23. The van der Waals surface area contributed by atoms with Gasteiger partial charge in [-0.25, -0.2) is 0 Å². The van der Waals surface area contributed by atoms with Crippen LogP contribution in [0.4, 0.5) is 0 Å². The Labute approximate surface area is 332 Å². The van der Waals surface area contributed by atoms with E-state index in [1.54, 1.807) is 0 Å². The smallest absolute Gasteiger partial charge is 0.0840 e. The first-order chi connectivity index (χ1) is 28.1. The second-order valence-corrected chi connectivity index (χ2v) is 15.4.